The molecule has 2 atom stereocenters. The molecule has 1 fully saturated rings. The molecule has 12 heteroatoms. The number of ether oxygens (including phenoxy) is 1. The SMILES string of the molecule is Cc1cc(C(F)(F)F)n2nc(C3CCN(C(=O)C(CO)NC(=O)OCc4ccccc4)C3)cc2n1. The van der Waals surface area contributed by atoms with Crippen LogP contribution in [0.15, 0.2) is 42.5 Å². The third-order valence-electron chi connectivity index (χ3n) is 5.77. The van der Waals surface area contributed by atoms with E-state index in [-0.39, 0.29) is 30.4 Å². The lowest BCUT2D eigenvalue weighted by Gasteiger charge is -2.22. The van der Waals surface area contributed by atoms with E-state index in [0.717, 1.165) is 16.1 Å². The summed E-state index contributed by atoms with van der Waals surface area (Å²) < 4.78 is 46.2. The van der Waals surface area contributed by atoms with Crippen LogP contribution in [0.3, 0.4) is 0 Å². The molecule has 1 saturated heterocycles. The van der Waals surface area contributed by atoms with Gasteiger partial charge in [-0.25, -0.2) is 14.3 Å². The van der Waals surface area contributed by atoms with Gasteiger partial charge in [-0.1, -0.05) is 30.3 Å². The van der Waals surface area contributed by atoms with Gasteiger partial charge in [0, 0.05) is 30.8 Å². The Balaban J connectivity index is 1.40. The molecule has 3 heterocycles. The second-order valence-corrected chi connectivity index (χ2v) is 8.33. The van der Waals surface area contributed by atoms with Crippen molar-refractivity contribution in [3.63, 3.8) is 0 Å². The quantitative estimate of drug-likeness (QED) is 0.549. The van der Waals surface area contributed by atoms with Gasteiger partial charge in [0.15, 0.2) is 5.65 Å². The summed E-state index contributed by atoms with van der Waals surface area (Å²) in [6, 6.07) is 10.2. The molecule has 1 aliphatic heterocycles. The number of carbonyl (C=O) groups is 2. The zero-order valence-corrected chi connectivity index (χ0v) is 18.8. The first kappa shape index (κ1) is 24.5. The Labute approximate surface area is 198 Å². The van der Waals surface area contributed by atoms with Crippen LogP contribution in [0.2, 0.25) is 0 Å². The molecule has 2 amide bonds. The molecule has 4 rings (SSSR count). The molecular formula is C23H24F3N5O4. The number of amides is 2. The normalized spacial score (nSPS) is 16.9. The van der Waals surface area contributed by atoms with E-state index >= 15 is 0 Å². The number of aliphatic hydroxyl groups is 1. The van der Waals surface area contributed by atoms with Crippen LogP contribution >= 0.6 is 0 Å². The number of rotatable bonds is 6. The average molecular weight is 491 g/mol. The van der Waals surface area contributed by atoms with Crippen LogP contribution in [-0.2, 0) is 22.3 Å². The second-order valence-electron chi connectivity index (χ2n) is 8.33. The summed E-state index contributed by atoms with van der Waals surface area (Å²) in [7, 11) is 0. The minimum Gasteiger partial charge on any atom is -0.445 e. The first-order valence-electron chi connectivity index (χ1n) is 11.0. The summed E-state index contributed by atoms with van der Waals surface area (Å²) in [6.07, 6.45) is -4.98. The third-order valence-corrected chi connectivity index (χ3v) is 5.77. The number of alkyl carbamates (subject to hydrolysis) is 1. The van der Waals surface area contributed by atoms with Crippen molar-refractivity contribution in [1.29, 1.82) is 0 Å². The smallest absolute Gasteiger partial charge is 0.433 e. The van der Waals surface area contributed by atoms with Crippen LogP contribution in [0.25, 0.3) is 5.65 Å². The van der Waals surface area contributed by atoms with Crippen LogP contribution in [0.1, 0.15) is 35.0 Å². The zero-order chi connectivity index (χ0) is 25.2. The standard InChI is InChI=1S/C23H24F3N5O4/c1-14-9-19(23(24,25)26)31-20(27-14)10-17(29-31)16-7-8-30(11-16)21(33)18(12-32)28-22(34)35-13-15-5-3-2-4-6-15/h2-6,9-10,16,18,32H,7-8,11-13H2,1H3,(H,28,34). The summed E-state index contributed by atoms with van der Waals surface area (Å²) >= 11 is 0. The van der Waals surface area contributed by atoms with E-state index < -0.39 is 36.5 Å². The number of hydrogen-bond donors (Lipinski definition) is 2. The number of fused-ring (bicyclic) bond motifs is 1. The van der Waals surface area contributed by atoms with Gasteiger partial charge in [-0.05, 0) is 25.0 Å². The summed E-state index contributed by atoms with van der Waals surface area (Å²) in [6.45, 7) is 1.33. The highest BCUT2D eigenvalue weighted by molar-refractivity contribution is 5.86. The van der Waals surface area contributed by atoms with Gasteiger partial charge in [0.2, 0.25) is 5.91 Å². The van der Waals surface area contributed by atoms with E-state index in [1.807, 2.05) is 6.07 Å². The van der Waals surface area contributed by atoms with Crippen molar-refractivity contribution in [3.8, 4) is 0 Å². The Morgan fingerprint density at radius 2 is 2.00 bits per heavy atom. The molecule has 3 aromatic rings. The van der Waals surface area contributed by atoms with Crippen LogP contribution in [0.4, 0.5) is 18.0 Å². The fourth-order valence-electron chi connectivity index (χ4n) is 4.03. The van der Waals surface area contributed by atoms with Crippen LogP contribution in [-0.4, -0.2) is 62.3 Å². The van der Waals surface area contributed by atoms with Crippen molar-refractivity contribution >= 4 is 17.6 Å². The number of aryl methyl sites for hydroxylation is 1. The average Bonchev–Trinajstić information content (AvgIpc) is 3.47. The molecule has 2 N–H and O–H groups in total. The Morgan fingerprint density at radius 1 is 1.26 bits per heavy atom. The van der Waals surface area contributed by atoms with Gasteiger partial charge < -0.3 is 20.1 Å². The number of benzene rings is 1. The van der Waals surface area contributed by atoms with Gasteiger partial charge in [-0.3, -0.25) is 4.79 Å². The number of likely N-dealkylation sites (tertiary alicyclic amines) is 1. The molecule has 0 radical (unpaired) electrons. The van der Waals surface area contributed by atoms with Gasteiger partial charge in [0.25, 0.3) is 0 Å². The number of halogens is 3. The number of nitrogens with zero attached hydrogens (tertiary/aromatic N) is 4. The van der Waals surface area contributed by atoms with Crippen molar-refractivity contribution in [1.82, 2.24) is 24.8 Å². The van der Waals surface area contributed by atoms with E-state index in [1.165, 1.54) is 17.9 Å². The van der Waals surface area contributed by atoms with Gasteiger partial charge in [-0.15, -0.1) is 0 Å². The van der Waals surface area contributed by atoms with Crippen LogP contribution in [0.5, 0.6) is 0 Å². The number of hydrogen-bond acceptors (Lipinski definition) is 6. The molecule has 0 bridgehead atoms. The number of alkyl halides is 3. The fourth-order valence-corrected chi connectivity index (χ4v) is 4.03. The molecular weight excluding hydrogens is 467 g/mol. The minimum absolute atomic E-state index is 0.00606. The van der Waals surface area contributed by atoms with Gasteiger partial charge in [0.05, 0.1) is 12.3 Å². The summed E-state index contributed by atoms with van der Waals surface area (Å²) in [4.78, 5) is 30.6. The van der Waals surface area contributed by atoms with E-state index in [1.54, 1.807) is 24.3 Å². The van der Waals surface area contributed by atoms with Crippen molar-refractivity contribution < 1.29 is 32.6 Å². The second kappa shape index (κ2) is 9.90. The van der Waals surface area contributed by atoms with Gasteiger partial charge >= 0.3 is 12.3 Å². The van der Waals surface area contributed by atoms with Crippen molar-refractivity contribution in [2.75, 3.05) is 19.7 Å². The highest BCUT2D eigenvalue weighted by Gasteiger charge is 2.37. The van der Waals surface area contributed by atoms with E-state index in [2.05, 4.69) is 15.4 Å². The maximum absolute atomic E-state index is 13.4. The van der Waals surface area contributed by atoms with E-state index in [9.17, 15) is 27.9 Å². The molecule has 9 nitrogen and oxygen atoms in total. The largest absolute Gasteiger partial charge is 0.445 e. The van der Waals surface area contributed by atoms with E-state index in [0.29, 0.717) is 18.7 Å². The number of nitrogens with one attached hydrogen (secondary N) is 1. The van der Waals surface area contributed by atoms with Crippen LogP contribution in [0, 0.1) is 6.92 Å². The molecule has 0 saturated carbocycles. The number of aliphatic hydroxyl groups excluding tert-OH is 1. The molecule has 0 spiro atoms. The molecule has 0 aliphatic carbocycles. The minimum atomic E-state index is -4.60. The van der Waals surface area contributed by atoms with Crippen molar-refractivity contribution in [2.24, 2.45) is 0 Å². The van der Waals surface area contributed by atoms with Crippen LogP contribution < -0.4 is 5.32 Å². The first-order valence-corrected chi connectivity index (χ1v) is 11.0. The zero-order valence-electron chi connectivity index (χ0n) is 18.8. The Hall–Kier alpha value is -3.67. The highest BCUT2D eigenvalue weighted by Crippen LogP contribution is 2.32. The lowest BCUT2D eigenvalue weighted by Crippen LogP contribution is -2.50. The fraction of sp³-hybridized carbons (Fsp3) is 0.391. The Kier molecular flexibility index (Phi) is 6.92. The topological polar surface area (TPSA) is 109 Å². The molecule has 2 aromatic heterocycles. The Bertz CT molecular complexity index is 1220. The molecule has 186 valence electrons. The van der Waals surface area contributed by atoms with Crippen molar-refractivity contribution in [3.05, 3.63) is 65.1 Å². The number of aromatic nitrogens is 3. The Morgan fingerprint density at radius 3 is 2.69 bits per heavy atom. The van der Waals surface area contributed by atoms with Gasteiger partial charge in [-0.2, -0.15) is 18.3 Å². The molecule has 1 aromatic carbocycles. The summed E-state index contributed by atoms with van der Waals surface area (Å²) in [5.74, 6) is -0.827. The molecule has 1 aliphatic rings. The highest BCUT2D eigenvalue weighted by atomic mass is 19.4. The lowest BCUT2D eigenvalue weighted by molar-refractivity contribution is -0.142. The third kappa shape index (κ3) is 5.53. The van der Waals surface area contributed by atoms with Gasteiger partial charge in [0.1, 0.15) is 18.3 Å². The summed E-state index contributed by atoms with van der Waals surface area (Å²) in [5.41, 5.74) is 0.529. The van der Waals surface area contributed by atoms with Crippen molar-refractivity contribution in [2.45, 2.75) is 38.1 Å². The molecule has 35 heavy (non-hydrogen) atoms. The first-order chi connectivity index (χ1) is 16.7. The predicted octanol–water partition coefficient (Wildman–Crippen LogP) is 2.66. The monoisotopic (exact) mass is 491 g/mol. The number of carbonyl (C=O) groups excluding carboxylic acids is 2. The predicted molar refractivity (Wildman–Crippen MR) is 117 cm³/mol. The maximum Gasteiger partial charge on any atom is 0.433 e. The summed E-state index contributed by atoms with van der Waals surface area (Å²) in [5, 5.41) is 16.1. The molecule has 2 unspecified atom stereocenters. The van der Waals surface area contributed by atoms with E-state index in [4.69, 9.17) is 4.74 Å². The maximum atomic E-state index is 13.4. The lowest BCUT2D eigenvalue weighted by atomic mass is 10.1.